The maximum absolute atomic E-state index is 12.9. The Hall–Kier alpha value is -2.93. The molecule has 1 aromatic carbocycles. The molecule has 144 valence electrons. The molecule has 0 spiro atoms. The number of rotatable bonds is 2. The second-order valence-corrected chi connectivity index (χ2v) is 7.99. The highest BCUT2D eigenvalue weighted by atomic mass is 16.2. The van der Waals surface area contributed by atoms with E-state index in [1.165, 1.54) is 0 Å². The number of amides is 2. The summed E-state index contributed by atoms with van der Waals surface area (Å²) in [5.41, 5.74) is 8.27. The summed E-state index contributed by atoms with van der Waals surface area (Å²) < 4.78 is 1.79. The fraction of sp³-hybridized carbons (Fsp3) is 0.381. The molecular formula is C21H24N6O. The molecule has 7 nitrogen and oxygen atoms in total. The lowest BCUT2D eigenvalue weighted by atomic mass is 9.99. The van der Waals surface area contributed by atoms with Crippen LogP contribution in [0, 0.1) is 0 Å². The highest BCUT2D eigenvalue weighted by molar-refractivity contribution is 5.93. The van der Waals surface area contributed by atoms with Gasteiger partial charge in [-0.2, -0.15) is 5.10 Å². The molecular weight excluding hydrogens is 352 g/mol. The summed E-state index contributed by atoms with van der Waals surface area (Å²) in [6, 6.07) is 8.81. The van der Waals surface area contributed by atoms with Crippen LogP contribution >= 0.6 is 0 Å². The van der Waals surface area contributed by atoms with E-state index in [9.17, 15) is 4.79 Å². The largest absolute Gasteiger partial charge is 0.328 e. The van der Waals surface area contributed by atoms with E-state index in [1.807, 2.05) is 36.5 Å². The minimum Gasteiger partial charge on any atom is -0.328 e. The predicted molar refractivity (Wildman–Crippen MR) is 109 cm³/mol. The number of aromatic nitrogens is 3. The number of urea groups is 1. The van der Waals surface area contributed by atoms with E-state index in [0.29, 0.717) is 5.82 Å². The predicted octanol–water partition coefficient (Wildman–Crippen LogP) is 3.12. The minimum atomic E-state index is -0.0605. The van der Waals surface area contributed by atoms with E-state index in [2.05, 4.69) is 27.5 Å². The minimum absolute atomic E-state index is 0.0605. The molecule has 2 aliphatic heterocycles. The van der Waals surface area contributed by atoms with Crippen molar-refractivity contribution in [1.29, 1.82) is 0 Å². The van der Waals surface area contributed by atoms with Crippen molar-refractivity contribution in [3.05, 3.63) is 42.9 Å². The Kier molecular flexibility index (Phi) is 4.05. The molecule has 0 unspecified atom stereocenters. The lowest BCUT2D eigenvalue weighted by Gasteiger charge is -2.37. The monoisotopic (exact) mass is 376 g/mol. The van der Waals surface area contributed by atoms with Gasteiger partial charge in [-0.1, -0.05) is 12.1 Å². The van der Waals surface area contributed by atoms with Crippen molar-refractivity contribution in [3.63, 3.8) is 0 Å². The first-order chi connectivity index (χ1) is 13.6. The first-order valence-corrected chi connectivity index (χ1v) is 9.80. The summed E-state index contributed by atoms with van der Waals surface area (Å²) in [6.07, 6.45) is 9.52. The maximum atomic E-state index is 12.9. The summed E-state index contributed by atoms with van der Waals surface area (Å²) in [4.78, 5) is 19.3. The fourth-order valence-electron chi connectivity index (χ4n) is 4.68. The number of carbonyl (C=O) groups excluding carboxylic acids is 1. The molecule has 3 atom stereocenters. The number of nitrogens with zero attached hydrogens (tertiary/aromatic N) is 4. The number of hydrogen-bond acceptors (Lipinski definition) is 4. The van der Waals surface area contributed by atoms with Crippen LogP contribution in [0.5, 0.6) is 0 Å². The summed E-state index contributed by atoms with van der Waals surface area (Å²) >= 11 is 0. The zero-order chi connectivity index (χ0) is 19.3. The van der Waals surface area contributed by atoms with E-state index in [0.717, 1.165) is 47.6 Å². The van der Waals surface area contributed by atoms with Crippen molar-refractivity contribution >= 4 is 22.6 Å². The first-order valence-electron chi connectivity index (χ1n) is 9.80. The summed E-state index contributed by atoms with van der Waals surface area (Å²) in [5.74, 6) is 0.579. The van der Waals surface area contributed by atoms with E-state index >= 15 is 0 Å². The number of carbonyl (C=O) groups is 1. The van der Waals surface area contributed by atoms with Crippen LogP contribution in [0.25, 0.3) is 21.9 Å². The van der Waals surface area contributed by atoms with Crippen LogP contribution in [-0.2, 0) is 7.05 Å². The van der Waals surface area contributed by atoms with Crippen molar-refractivity contribution < 1.29 is 4.79 Å². The Balaban J connectivity index is 1.39. The van der Waals surface area contributed by atoms with Gasteiger partial charge < -0.3 is 10.6 Å². The third kappa shape index (κ3) is 3.01. The molecule has 5 rings (SSSR count). The summed E-state index contributed by atoms with van der Waals surface area (Å²) in [6.45, 7) is 0. The van der Waals surface area contributed by atoms with Crippen molar-refractivity contribution in [1.82, 2.24) is 19.7 Å². The van der Waals surface area contributed by atoms with Gasteiger partial charge >= 0.3 is 6.03 Å². The molecule has 7 heteroatoms. The van der Waals surface area contributed by atoms with E-state index in [4.69, 9.17) is 5.73 Å². The second-order valence-electron chi connectivity index (χ2n) is 7.99. The Morgan fingerprint density at radius 3 is 2.61 bits per heavy atom. The molecule has 28 heavy (non-hydrogen) atoms. The van der Waals surface area contributed by atoms with Gasteiger partial charge in [0.05, 0.1) is 6.20 Å². The van der Waals surface area contributed by atoms with E-state index in [-0.39, 0.29) is 24.2 Å². The average molecular weight is 376 g/mol. The molecule has 4 heterocycles. The lowest BCUT2D eigenvalue weighted by Crippen LogP contribution is -2.51. The van der Waals surface area contributed by atoms with E-state index < -0.39 is 0 Å². The topological polar surface area (TPSA) is 89.1 Å². The van der Waals surface area contributed by atoms with Gasteiger partial charge in [0.25, 0.3) is 0 Å². The first kappa shape index (κ1) is 17.2. The molecule has 0 aliphatic carbocycles. The van der Waals surface area contributed by atoms with Crippen LogP contribution in [0.2, 0.25) is 0 Å². The molecule has 2 bridgehead atoms. The number of nitrogens with two attached hydrogens (primary N) is 1. The van der Waals surface area contributed by atoms with Gasteiger partial charge in [-0.3, -0.25) is 10.00 Å². The number of pyridine rings is 1. The quantitative estimate of drug-likeness (QED) is 0.719. The third-order valence-electron chi connectivity index (χ3n) is 6.00. The summed E-state index contributed by atoms with van der Waals surface area (Å²) in [7, 11) is 1.91. The molecule has 3 aromatic rings. The molecule has 2 aliphatic rings. The van der Waals surface area contributed by atoms with Gasteiger partial charge in [-0.15, -0.1) is 0 Å². The molecule has 2 fully saturated rings. The molecule has 3 N–H and O–H groups in total. The van der Waals surface area contributed by atoms with Gasteiger partial charge in [0.2, 0.25) is 0 Å². The number of hydrogen-bond donors (Lipinski definition) is 2. The van der Waals surface area contributed by atoms with Crippen LogP contribution in [-0.4, -0.2) is 43.8 Å². The SMILES string of the molecule is Cn1cc(-c2ccc3cnc(NC(=O)N4[C@@H]5CC[C@H]4C[C@H](N)C5)cc3c2)cn1. The van der Waals surface area contributed by atoms with Crippen LogP contribution in [0.3, 0.4) is 0 Å². The highest BCUT2D eigenvalue weighted by Gasteiger charge is 2.42. The number of nitrogens with one attached hydrogen (secondary N) is 1. The van der Waals surface area contributed by atoms with E-state index in [1.54, 1.807) is 10.9 Å². The Bertz CT molecular complexity index is 1030. The van der Waals surface area contributed by atoms with Crippen LogP contribution in [0.15, 0.2) is 42.9 Å². The maximum Gasteiger partial charge on any atom is 0.323 e. The molecule has 0 radical (unpaired) electrons. The number of anilines is 1. The molecule has 2 amide bonds. The number of fused-ring (bicyclic) bond motifs is 3. The Labute approximate surface area is 163 Å². The van der Waals surface area contributed by atoms with Gasteiger partial charge in [-0.25, -0.2) is 9.78 Å². The fourth-order valence-corrected chi connectivity index (χ4v) is 4.68. The number of piperidine rings is 1. The van der Waals surface area contributed by atoms with Gasteiger partial charge in [-0.05, 0) is 48.8 Å². The van der Waals surface area contributed by atoms with Crippen LogP contribution in [0.1, 0.15) is 25.7 Å². The lowest BCUT2D eigenvalue weighted by molar-refractivity contribution is 0.150. The average Bonchev–Trinajstić information content (AvgIpc) is 3.22. The van der Waals surface area contributed by atoms with Crippen molar-refractivity contribution in [2.75, 3.05) is 5.32 Å². The van der Waals surface area contributed by atoms with Gasteiger partial charge in [0.1, 0.15) is 5.82 Å². The second kappa shape index (κ2) is 6.60. The molecule has 2 saturated heterocycles. The zero-order valence-corrected chi connectivity index (χ0v) is 15.9. The zero-order valence-electron chi connectivity index (χ0n) is 15.9. The highest BCUT2D eigenvalue weighted by Crippen LogP contribution is 2.35. The normalized spacial score (nSPS) is 23.9. The smallest absolute Gasteiger partial charge is 0.323 e. The van der Waals surface area contributed by atoms with Crippen molar-refractivity contribution in [2.24, 2.45) is 12.8 Å². The Morgan fingerprint density at radius 2 is 1.89 bits per heavy atom. The van der Waals surface area contributed by atoms with Crippen LogP contribution < -0.4 is 11.1 Å². The Morgan fingerprint density at radius 1 is 1.11 bits per heavy atom. The third-order valence-corrected chi connectivity index (χ3v) is 6.00. The number of benzene rings is 1. The van der Waals surface area contributed by atoms with Crippen molar-refractivity contribution in [2.45, 2.75) is 43.8 Å². The molecule has 0 saturated carbocycles. The summed E-state index contributed by atoms with van der Waals surface area (Å²) in [5, 5.41) is 9.32. The van der Waals surface area contributed by atoms with Gasteiger partial charge in [0, 0.05) is 48.5 Å². The standard InChI is InChI=1S/C21H24N6O/c1-26-12-16(11-24-26)13-2-3-14-10-23-20(7-15(14)6-13)25-21(28)27-18-4-5-19(27)9-17(22)8-18/h2-3,6-7,10-12,17-19H,4-5,8-9,22H2,1H3,(H,23,25,28)/t17-,18-,19+. The van der Waals surface area contributed by atoms with Gasteiger partial charge in [0.15, 0.2) is 0 Å². The number of aryl methyl sites for hydroxylation is 1. The van der Waals surface area contributed by atoms with Crippen LogP contribution in [0.4, 0.5) is 10.6 Å². The van der Waals surface area contributed by atoms with Crippen molar-refractivity contribution in [3.8, 4) is 11.1 Å². The molecule has 2 aromatic heterocycles.